The lowest BCUT2D eigenvalue weighted by Crippen LogP contribution is -2.32. The predicted octanol–water partition coefficient (Wildman–Crippen LogP) is 2.00. The van der Waals surface area contributed by atoms with Crippen LogP contribution in [0.5, 0.6) is 5.75 Å². The number of fused-ring (bicyclic) bond motifs is 1. The molecule has 1 aliphatic rings. The van der Waals surface area contributed by atoms with E-state index in [1.165, 1.54) is 0 Å². The van der Waals surface area contributed by atoms with Crippen molar-refractivity contribution in [3.63, 3.8) is 0 Å². The Morgan fingerprint density at radius 1 is 1.42 bits per heavy atom. The van der Waals surface area contributed by atoms with Gasteiger partial charge in [-0.15, -0.1) is 0 Å². The number of carbonyl (C=O) groups is 1. The molecule has 1 aromatic heterocycles. The van der Waals surface area contributed by atoms with E-state index in [9.17, 15) is 4.79 Å². The fourth-order valence-corrected chi connectivity index (χ4v) is 2.25. The molecule has 124 valence electrons. The van der Waals surface area contributed by atoms with Gasteiger partial charge in [-0.1, -0.05) is 0 Å². The third kappa shape index (κ3) is 3.90. The number of hydrogen-bond acceptors (Lipinski definition) is 5. The van der Waals surface area contributed by atoms with Crippen LogP contribution in [0.25, 0.3) is 0 Å². The van der Waals surface area contributed by atoms with Crippen LogP contribution in [0.1, 0.15) is 18.2 Å². The van der Waals surface area contributed by atoms with Crippen LogP contribution in [0.4, 0.5) is 5.69 Å². The number of nitrogens with one attached hydrogen (secondary N) is 3. The summed E-state index contributed by atoms with van der Waals surface area (Å²) < 4.78 is 10.5. The van der Waals surface area contributed by atoms with Gasteiger partial charge in [0.05, 0.1) is 24.2 Å². The predicted molar refractivity (Wildman–Crippen MR) is 94.1 cm³/mol. The van der Waals surface area contributed by atoms with Crippen LogP contribution in [0, 0.1) is 0 Å². The van der Waals surface area contributed by atoms with E-state index in [1.54, 1.807) is 12.3 Å². The first-order chi connectivity index (χ1) is 11.6. The zero-order valence-corrected chi connectivity index (χ0v) is 13.8. The molecule has 3 N–H and O–H groups in total. The number of thiocarbonyl (C=S) groups is 1. The second kappa shape index (κ2) is 7.14. The first-order valence-electron chi connectivity index (χ1n) is 7.29. The Labute approximate surface area is 144 Å². The van der Waals surface area contributed by atoms with Crippen molar-refractivity contribution >= 4 is 34.6 Å². The lowest BCUT2D eigenvalue weighted by molar-refractivity contribution is -0.118. The van der Waals surface area contributed by atoms with E-state index in [-0.39, 0.29) is 12.5 Å². The van der Waals surface area contributed by atoms with Gasteiger partial charge in [-0.25, -0.2) is 0 Å². The highest BCUT2D eigenvalue weighted by Crippen LogP contribution is 2.28. The molecule has 2 heterocycles. The topological polar surface area (TPSA) is 87.9 Å². The first kappa shape index (κ1) is 16.0. The van der Waals surface area contributed by atoms with Crippen molar-refractivity contribution < 1.29 is 13.9 Å². The van der Waals surface area contributed by atoms with Crippen molar-refractivity contribution in [2.24, 2.45) is 5.10 Å². The Balaban J connectivity index is 1.60. The van der Waals surface area contributed by atoms with Crippen LogP contribution in [0.3, 0.4) is 0 Å². The smallest absolute Gasteiger partial charge is 0.262 e. The van der Waals surface area contributed by atoms with E-state index in [0.29, 0.717) is 23.1 Å². The number of amides is 1. The van der Waals surface area contributed by atoms with E-state index < -0.39 is 0 Å². The van der Waals surface area contributed by atoms with Gasteiger partial charge in [-0.3, -0.25) is 10.2 Å². The van der Waals surface area contributed by atoms with Crippen LogP contribution < -0.4 is 20.8 Å². The number of rotatable bonds is 4. The number of hydrogen-bond donors (Lipinski definition) is 3. The summed E-state index contributed by atoms with van der Waals surface area (Å²) in [5, 5.41) is 10.4. The van der Waals surface area contributed by atoms with Gasteiger partial charge >= 0.3 is 0 Å². The molecule has 0 spiro atoms. The van der Waals surface area contributed by atoms with E-state index in [4.69, 9.17) is 21.4 Å². The van der Waals surface area contributed by atoms with Crippen LogP contribution in [-0.4, -0.2) is 23.3 Å². The van der Waals surface area contributed by atoms with Crippen molar-refractivity contribution in [3.05, 3.63) is 47.9 Å². The second-order valence-electron chi connectivity index (χ2n) is 5.12. The normalized spacial score (nSPS) is 13.5. The van der Waals surface area contributed by atoms with Crippen molar-refractivity contribution in [3.8, 4) is 5.75 Å². The van der Waals surface area contributed by atoms with Crippen LogP contribution in [0.15, 0.2) is 46.1 Å². The molecule has 0 bridgehead atoms. The summed E-state index contributed by atoms with van der Waals surface area (Å²) in [7, 11) is 0. The maximum atomic E-state index is 11.4. The lowest BCUT2D eigenvalue weighted by Gasteiger charge is -2.18. The number of carbonyl (C=O) groups excluding carboxylic acids is 1. The standard InChI is InChI=1S/C16H16N4O3S/c1-10(19-20-16(24)17-8-12-3-2-6-22-12)11-4-5-14-13(7-11)18-15(21)9-23-14/h2-7H,8-9H2,1H3,(H,18,21)(H2,17,20,24)/b19-10-. The number of furan rings is 1. The summed E-state index contributed by atoms with van der Waals surface area (Å²) in [4.78, 5) is 11.4. The summed E-state index contributed by atoms with van der Waals surface area (Å²) in [6.45, 7) is 2.36. The Morgan fingerprint density at radius 3 is 3.08 bits per heavy atom. The van der Waals surface area contributed by atoms with Crippen molar-refractivity contribution in [1.82, 2.24) is 10.7 Å². The maximum Gasteiger partial charge on any atom is 0.262 e. The minimum Gasteiger partial charge on any atom is -0.482 e. The molecule has 7 nitrogen and oxygen atoms in total. The quantitative estimate of drug-likeness (QED) is 0.447. The molecule has 0 radical (unpaired) electrons. The summed E-state index contributed by atoms with van der Waals surface area (Å²) >= 11 is 5.16. The summed E-state index contributed by atoms with van der Waals surface area (Å²) in [5.74, 6) is 1.26. The molecule has 0 atom stereocenters. The number of nitrogens with zero attached hydrogens (tertiary/aromatic N) is 1. The lowest BCUT2D eigenvalue weighted by atomic mass is 10.1. The molecule has 0 saturated heterocycles. The number of hydrazone groups is 1. The average Bonchev–Trinajstić information content (AvgIpc) is 3.10. The molecule has 1 aromatic carbocycles. The number of benzene rings is 1. The monoisotopic (exact) mass is 344 g/mol. The molecule has 1 aliphatic heterocycles. The van der Waals surface area contributed by atoms with E-state index in [2.05, 4.69) is 21.2 Å². The molecule has 1 amide bonds. The third-order valence-corrected chi connectivity index (χ3v) is 3.59. The Morgan fingerprint density at radius 2 is 2.29 bits per heavy atom. The van der Waals surface area contributed by atoms with Gasteiger partial charge in [-0.2, -0.15) is 5.10 Å². The molecule has 24 heavy (non-hydrogen) atoms. The SMILES string of the molecule is C/C(=N/NC(=S)NCc1ccco1)c1ccc2c(c1)NC(=O)CO2. The van der Waals surface area contributed by atoms with Crippen molar-refractivity contribution in [1.29, 1.82) is 0 Å². The van der Waals surface area contributed by atoms with Gasteiger partial charge in [0.1, 0.15) is 11.5 Å². The highest BCUT2D eigenvalue weighted by Gasteiger charge is 2.16. The number of ether oxygens (including phenoxy) is 1. The molecule has 2 aromatic rings. The molecule has 8 heteroatoms. The zero-order chi connectivity index (χ0) is 16.9. The van der Waals surface area contributed by atoms with E-state index in [0.717, 1.165) is 17.0 Å². The van der Waals surface area contributed by atoms with Crippen LogP contribution >= 0.6 is 12.2 Å². The van der Waals surface area contributed by atoms with Gasteiger partial charge in [0.15, 0.2) is 11.7 Å². The maximum absolute atomic E-state index is 11.4. The third-order valence-electron chi connectivity index (χ3n) is 3.36. The van der Waals surface area contributed by atoms with E-state index >= 15 is 0 Å². The first-order valence-corrected chi connectivity index (χ1v) is 7.70. The summed E-state index contributed by atoms with van der Waals surface area (Å²) in [5.41, 5.74) is 4.99. The largest absolute Gasteiger partial charge is 0.482 e. The highest BCUT2D eigenvalue weighted by atomic mass is 32.1. The van der Waals surface area contributed by atoms with Crippen LogP contribution in [0.2, 0.25) is 0 Å². The van der Waals surface area contributed by atoms with Gasteiger partial charge in [0.25, 0.3) is 5.91 Å². The van der Waals surface area contributed by atoms with Crippen molar-refractivity contribution in [2.45, 2.75) is 13.5 Å². The molecule has 0 aliphatic carbocycles. The van der Waals surface area contributed by atoms with E-state index in [1.807, 2.05) is 31.2 Å². The molecular weight excluding hydrogens is 328 g/mol. The number of anilines is 1. The Hall–Kier alpha value is -2.87. The average molecular weight is 344 g/mol. The molecule has 0 unspecified atom stereocenters. The highest BCUT2D eigenvalue weighted by molar-refractivity contribution is 7.80. The second-order valence-corrected chi connectivity index (χ2v) is 5.53. The summed E-state index contributed by atoms with van der Waals surface area (Å²) in [6.07, 6.45) is 1.61. The van der Waals surface area contributed by atoms with Gasteiger partial charge < -0.3 is 19.8 Å². The zero-order valence-electron chi connectivity index (χ0n) is 13.0. The Bertz CT molecular complexity index is 787. The summed E-state index contributed by atoms with van der Waals surface area (Å²) in [6, 6.07) is 9.15. The minimum atomic E-state index is -0.171. The molecule has 3 rings (SSSR count). The molecular formula is C16H16N4O3S. The van der Waals surface area contributed by atoms with Gasteiger partial charge in [0.2, 0.25) is 0 Å². The van der Waals surface area contributed by atoms with Crippen molar-refractivity contribution in [2.75, 3.05) is 11.9 Å². The van der Waals surface area contributed by atoms with Gasteiger partial charge in [-0.05, 0) is 55.0 Å². The Kier molecular flexibility index (Phi) is 4.76. The van der Waals surface area contributed by atoms with Gasteiger partial charge in [0, 0.05) is 0 Å². The minimum absolute atomic E-state index is 0.0383. The fourth-order valence-electron chi connectivity index (χ4n) is 2.13. The fraction of sp³-hybridized carbons (Fsp3) is 0.188. The van der Waals surface area contributed by atoms with Crippen LogP contribution in [-0.2, 0) is 11.3 Å². The molecule has 0 saturated carbocycles. The molecule has 0 fully saturated rings.